The van der Waals surface area contributed by atoms with E-state index in [0.29, 0.717) is 5.02 Å². The Morgan fingerprint density at radius 3 is 2.89 bits per heavy atom. The summed E-state index contributed by atoms with van der Waals surface area (Å²) in [6.45, 7) is 0. The number of hydrogen-bond acceptors (Lipinski definition) is 2. The lowest BCUT2D eigenvalue weighted by molar-refractivity contribution is -0.120. The van der Waals surface area contributed by atoms with Crippen LogP contribution in [0.15, 0.2) is 18.2 Å². The van der Waals surface area contributed by atoms with Crippen molar-refractivity contribution in [2.45, 2.75) is 38.1 Å². The van der Waals surface area contributed by atoms with Gasteiger partial charge in [-0.3, -0.25) is 4.79 Å². The minimum absolute atomic E-state index is 0.0657. The molecule has 18 heavy (non-hydrogen) atoms. The van der Waals surface area contributed by atoms with Gasteiger partial charge in [0.05, 0.1) is 22.3 Å². The van der Waals surface area contributed by atoms with Crippen molar-refractivity contribution in [2.24, 2.45) is 5.92 Å². The monoisotopic (exact) mass is 264 g/mol. The van der Waals surface area contributed by atoms with Crippen LogP contribution in [-0.2, 0) is 4.79 Å². The Labute approximate surface area is 112 Å². The highest BCUT2D eigenvalue weighted by Gasteiger charge is 2.33. The Morgan fingerprint density at radius 2 is 2.00 bits per heavy atom. The van der Waals surface area contributed by atoms with Crippen LogP contribution >= 0.6 is 11.6 Å². The lowest BCUT2D eigenvalue weighted by Gasteiger charge is -2.22. The second kappa shape index (κ2) is 4.81. The Bertz CT molecular complexity index is 475. The van der Waals surface area contributed by atoms with Gasteiger partial charge in [0, 0.05) is 6.04 Å². The Morgan fingerprint density at radius 1 is 1.17 bits per heavy atom. The number of fused-ring (bicyclic) bond motifs is 2. The summed E-state index contributed by atoms with van der Waals surface area (Å²) in [6, 6.07) is 5.84. The minimum Gasteiger partial charge on any atom is -0.379 e. The van der Waals surface area contributed by atoms with Crippen molar-refractivity contribution in [1.82, 2.24) is 0 Å². The fourth-order valence-electron chi connectivity index (χ4n) is 2.98. The number of amides is 1. The van der Waals surface area contributed by atoms with E-state index in [0.717, 1.165) is 30.6 Å². The van der Waals surface area contributed by atoms with Gasteiger partial charge in [-0.05, 0) is 25.0 Å². The molecule has 0 aromatic heterocycles. The average Bonchev–Trinajstić information content (AvgIpc) is 2.64. The topological polar surface area (TPSA) is 41.1 Å². The number of benzene rings is 1. The lowest BCUT2D eigenvalue weighted by atomic mass is 9.94. The van der Waals surface area contributed by atoms with Gasteiger partial charge in [-0.25, -0.2) is 0 Å². The van der Waals surface area contributed by atoms with Crippen LogP contribution in [0.1, 0.15) is 32.1 Å². The maximum Gasteiger partial charge on any atom is 0.229 e. The van der Waals surface area contributed by atoms with Crippen molar-refractivity contribution in [3.05, 3.63) is 23.2 Å². The van der Waals surface area contributed by atoms with Gasteiger partial charge in [-0.1, -0.05) is 36.9 Å². The zero-order valence-corrected chi connectivity index (χ0v) is 11.0. The predicted molar refractivity (Wildman–Crippen MR) is 74.1 cm³/mol. The van der Waals surface area contributed by atoms with Gasteiger partial charge in [-0.2, -0.15) is 0 Å². The van der Waals surface area contributed by atoms with Crippen LogP contribution in [0.3, 0.4) is 0 Å². The van der Waals surface area contributed by atoms with Crippen molar-refractivity contribution >= 4 is 28.9 Å². The first-order valence-electron chi connectivity index (χ1n) is 6.61. The molecular formula is C14H17ClN2O. The summed E-state index contributed by atoms with van der Waals surface area (Å²) in [5, 5.41) is 7.17. The fraction of sp³-hybridized carbons (Fsp3) is 0.500. The number of halogens is 1. The molecule has 1 heterocycles. The molecule has 1 saturated carbocycles. The number of carbonyl (C=O) groups excluding carboxylic acids is 1. The first-order chi connectivity index (χ1) is 8.75. The zero-order chi connectivity index (χ0) is 12.5. The quantitative estimate of drug-likeness (QED) is 0.751. The standard InChI is InChI=1S/C14H17ClN2O/c15-10-6-4-8-12-13(10)16-11-7-3-1-2-5-9(11)14(18)17-12/h4,6,8-9,11,16H,1-3,5,7H2,(H,17,18). The van der Waals surface area contributed by atoms with Crippen molar-refractivity contribution in [3.8, 4) is 0 Å². The number of anilines is 2. The van der Waals surface area contributed by atoms with Gasteiger partial charge in [0.1, 0.15) is 0 Å². The van der Waals surface area contributed by atoms with Crippen LogP contribution in [-0.4, -0.2) is 11.9 Å². The summed E-state index contributed by atoms with van der Waals surface area (Å²) in [5.74, 6) is 0.200. The second-order valence-electron chi connectivity index (χ2n) is 5.15. The molecule has 1 aromatic rings. The molecule has 3 nitrogen and oxygen atoms in total. The van der Waals surface area contributed by atoms with Crippen LogP contribution in [0.5, 0.6) is 0 Å². The number of nitrogens with one attached hydrogen (secondary N) is 2. The Balaban J connectivity index is 1.99. The first kappa shape index (κ1) is 11.8. The molecule has 2 unspecified atom stereocenters. The van der Waals surface area contributed by atoms with Gasteiger partial charge < -0.3 is 10.6 Å². The van der Waals surface area contributed by atoms with E-state index in [1.165, 1.54) is 12.8 Å². The highest BCUT2D eigenvalue weighted by atomic mass is 35.5. The van der Waals surface area contributed by atoms with Crippen molar-refractivity contribution < 1.29 is 4.79 Å². The summed E-state index contributed by atoms with van der Waals surface area (Å²) in [7, 11) is 0. The SMILES string of the molecule is O=C1Nc2cccc(Cl)c2NC2CCCCCC12. The number of hydrogen-bond donors (Lipinski definition) is 2. The molecule has 1 aliphatic carbocycles. The van der Waals surface area contributed by atoms with Crippen LogP contribution in [0, 0.1) is 5.92 Å². The lowest BCUT2D eigenvalue weighted by Crippen LogP contribution is -2.34. The highest BCUT2D eigenvalue weighted by Crippen LogP contribution is 2.37. The predicted octanol–water partition coefficient (Wildman–Crippen LogP) is 3.65. The molecule has 1 amide bonds. The number of carbonyl (C=O) groups is 1. The van der Waals surface area contributed by atoms with E-state index in [1.54, 1.807) is 0 Å². The summed E-state index contributed by atoms with van der Waals surface area (Å²) >= 11 is 6.22. The molecule has 1 fully saturated rings. The molecule has 4 heteroatoms. The van der Waals surface area contributed by atoms with Crippen molar-refractivity contribution in [2.75, 3.05) is 10.6 Å². The van der Waals surface area contributed by atoms with Crippen LogP contribution in [0.25, 0.3) is 0 Å². The Hall–Kier alpha value is -1.22. The van der Waals surface area contributed by atoms with Crippen molar-refractivity contribution in [1.29, 1.82) is 0 Å². The van der Waals surface area contributed by atoms with Gasteiger partial charge in [-0.15, -0.1) is 0 Å². The van der Waals surface area contributed by atoms with Crippen LogP contribution in [0.4, 0.5) is 11.4 Å². The smallest absolute Gasteiger partial charge is 0.229 e. The van der Waals surface area contributed by atoms with Gasteiger partial charge in [0.15, 0.2) is 0 Å². The van der Waals surface area contributed by atoms with E-state index in [-0.39, 0.29) is 17.9 Å². The van der Waals surface area contributed by atoms with E-state index in [1.807, 2.05) is 18.2 Å². The molecule has 2 aliphatic rings. The van der Waals surface area contributed by atoms with Crippen LogP contribution in [0.2, 0.25) is 5.02 Å². The third-order valence-electron chi connectivity index (χ3n) is 3.95. The molecule has 0 saturated heterocycles. The van der Waals surface area contributed by atoms with E-state index < -0.39 is 0 Å². The molecular weight excluding hydrogens is 248 g/mol. The molecule has 1 aromatic carbocycles. The fourth-order valence-corrected chi connectivity index (χ4v) is 3.21. The number of rotatable bonds is 0. The van der Waals surface area contributed by atoms with E-state index in [9.17, 15) is 4.79 Å². The second-order valence-corrected chi connectivity index (χ2v) is 5.55. The van der Waals surface area contributed by atoms with E-state index >= 15 is 0 Å². The van der Waals surface area contributed by atoms with Gasteiger partial charge in [0.2, 0.25) is 5.91 Å². The van der Waals surface area contributed by atoms with Crippen molar-refractivity contribution in [3.63, 3.8) is 0 Å². The summed E-state index contributed by atoms with van der Waals surface area (Å²) < 4.78 is 0. The molecule has 2 N–H and O–H groups in total. The minimum atomic E-state index is 0.0657. The average molecular weight is 265 g/mol. The summed E-state index contributed by atoms with van der Waals surface area (Å²) in [4.78, 5) is 12.3. The largest absolute Gasteiger partial charge is 0.379 e. The van der Waals surface area contributed by atoms with Crippen LogP contribution < -0.4 is 10.6 Å². The maximum atomic E-state index is 12.3. The molecule has 96 valence electrons. The normalized spacial score (nSPS) is 27.1. The zero-order valence-electron chi connectivity index (χ0n) is 10.2. The number of para-hydroxylation sites is 1. The molecule has 1 aliphatic heterocycles. The Kier molecular flexibility index (Phi) is 3.16. The molecule has 0 radical (unpaired) electrons. The third-order valence-corrected chi connectivity index (χ3v) is 4.27. The maximum absolute atomic E-state index is 12.3. The third kappa shape index (κ3) is 2.07. The van der Waals surface area contributed by atoms with Gasteiger partial charge >= 0.3 is 0 Å². The molecule has 0 bridgehead atoms. The van der Waals surface area contributed by atoms with Gasteiger partial charge in [0.25, 0.3) is 0 Å². The first-order valence-corrected chi connectivity index (χ1v) is 6.99. The summed E-state index contributed by atoms with van der Waals surface area (Å²) in [5.41, 5.74) is 1.68. The van der Waals surface area contributed by atoms with E-state index in [4.69, 9.17) is 11.6 Å². The van der Waals surface area contributed by atoms with E-state index in [2.05, 4.69) is 10.6 Å². The molecule has 0 spiro atoms. The molecule has 2 atom stereocenters. The highest BCUT2D eigenvalue weighted by molar-refractivity contribution is 6.34. The summed E-state index contributed by atoms with van der Waals surface area (Å²) in [6.07, 6.45) is 5.55. The molecule has 3 rings (SSSR count).